The number of pyridine rings is 2. The van der Waals surface area contributed by atoms with Crippen LogP contribution in [0, 0.1) is 10.1 Å². The third-order valence-electron chi connectivity index (χ3n) is 4.59. The molecule has 0 saturated heterocycles. The normalized spacial score (nSPS) is 11.9. The first-order chi connectivity index (χ1) is 14.0. The zero-order valence-electron chi connectivity index (χ0n) is 15.1. The molecule has 8 nitrogen and oxygen atoms in total. The van der Waals surface area contributed by atoms with Crippen molar-refractivity contribution in [1.82, 2.24) is 9.97 Å². The smallest absolute Gasteiger partial charge is 0.269 e. The molecule has 0 aliphatic heterocycles. The van der Waals surface area contributed by atoms with Gasteiger partial charge in [0.1, 0.15) is 11.3 Å². The van der Waals surface area contributed by atoms with Crippen LogP contribution >= 0.6 is 0 Å². The lowest BCUT2D eigenvalue weighted by molar-refractivity contribution is -0.384. The maximum atomic E-state index is 11.0. The number of hydrogen-bond acceptors (Lipinski definition) is 7. The molecule has 29 heavy (non-hydrogen) atoms. The first-order valence-electron chi connectivity index (χ1n) is 8.76. The third-order valence-corrected chi connectivity index (χ3v) is 4.59. The molecule has 0 amide bonds. The Bertz CT molecular complexity index is 1190. The molecule has 0 aliphatic rings. The summed E-state index contributed by atoms with van der Waals surface area (Å²) in [5, 5.41) is 35.9. The summed E-state index contributed by atoms with van der Waals surface area (Å²) >= 11 is 0. The summed E-state index contributed by atoms with van der Waals surface area (Å²) in [4.78, 5) is 18.9. The van der Waals surface area contributed by atoms with Gasteiger partial charge >= 0.3 is 0 Å². The van der Waals surface area contributed by atoms with Gasteiger partial charge in [-0.25, -0.2) is 4.98 Å². The lowest BCUT2D eigenvalue weighted by atomic mass is 9.96. The van der Waals surface area contributed by atoms with E-state index < -0.39 is 11.0 Å². The van der Waals surface area contributed by atoms with Crippen LogP contribution in [0.3, 0.4) is 0 Å². The Morgan fingerprint density at radius 1 is 0.931 bits per heavy atom. The molecule has 0 bridgehead atoms. The molecular formula is C21H16N4O4. The van der Waals surface area contributed by atoms with Gasteiger partial charge in [-0.3, -0.25) is 15.1 Å². The van der Waals surface area contributed by atoms with E-state index in [-0.39, 0.29) is 23.0 Å². The average Bonchev–Trinajstić information content (AvgIpc) is 2.74. The molecule has 1 unspecified atom stereocenters. The fraction of sp³-hybridized carbons (Fsp3) is 0.0476. The zero-order chi connectivity index (χ0) is 20.4. The van der Waals surface area contributed by atoms with Gasteiger partial charge in [-0.15, -0.1) is 0 Å². The summed E-state index contributed by atoms with van der Waals surface area (Å²) in [5.41, 5.74) is 1.53. The van der Waals surface area contributed by atoms with Crippen LogP contribution in [0.5, 0.6) is 11.5 Å². The number of nitrogens with one attached hydrogen (secondary N) is 1. The van der Waals surface area contributed by atoms with E-state index in [2.05, 4.69) is 15.3 Å². The van der Waals surface area contributed by atoms with Crippen molar-refractivity contribution in [2.24, 2.45) is 0 Å². The van der Waals surface area contributed by atoms with Crippen LogP contribution in [0.25, 0.3) is 10.9 Å². The second-order valence-corrected chi connectivity index (χ2v) is 6.38. The summed E-state index contributed by atoms with van der Waals surface area (Å²) in [6.07, 6.45) is 3.11. The minimum Gasteiger partial charge on any atom is -0.505 e. The third kappa shape index (κ3) is 3.51. The van der Waals surface area contributed by atoms with Crippen LogP contribution in [0.2, 0.25) is 0 Å². The van der Waals surface area contributed by atoms with E-state index in [4.69, 9.17) is 0 Å². The molecule has 1 atom stereocenters. The molecule has 3 N–H and O–H groups in total. The topological polar surface area (TPSA) is 121 Å². The Kier molecular flexibility index (Phi) is 4.66. The largest absolute Gasteiger partial charge is 0.505 e. The van der Waals surface area contributed by atoms with Gasteiger partial charge in [-0.05, 0) is 35.9 Å². The molecular weight excluding hydrogens is 372 g/mol. The van der Waals surface area contributed by atoms with Gasteiger partial charge in [-0.1, -0.05) is 18.2 Å². The highest BCUT2D eigenvalue weighted by atomic mass is 16.6. The highest BCUT2D eigenvalue weighted by Gasteiger charge is 2.22. The molecule has 2 heterocycles. The fourth-order valence-electron chi connectivity index (χ4n) is 3.15. The van der Waals surface area contributed by atoms with E-state index in [1.807, 2.05) is 12.1 Å². The molecule has 8 heteroatoms. The number of nitrogens with zero attached hydrogens (tertiary/aromatic N) is 3. The predicted molar refractivity (Wildman–Crippen MR) is 108 cm³/mol. The number of nitro groups is 1. The van der Waals surface area contributed by atoms with E-state index in [0.29, 0.717) is 16.6 Å². The van der Waals surface area contributed by atoms with E-state index in [1.165, 1.54) is 24.4 Å². The van der Waals surface area contributed by atoms with Gasteiger partial charge in [0.15, 0.2) is 11.6 Å². The highest BCUT2D eigenvalue weighted by Crippen LogP contribution is 2.37. The summed E-state index contributed by atoms with van der Waals surface area (Å²) in [6, 6.07) is 15.6. The van der Waals surface area contributed by atoms with Gasteiger partial charge in [0.05, 0.1) is 11.0 Å². The van der Waals surface area contributed by atoms with Gasteiger partial charge < -0.3 is 15.5 Å². The standard InChI is InChI=1S/C21H16N4O4/c26-17-4-2-12-23-21(17)24-18(14-5-8-15(9-6-14)25(28)29)16-10-7-13-3-1-11-22-19(13)20(16)27/h1-12,18,26-27H,(H,23,24). The van der Waals surface area contributed by atoms with Crippen LogP contribution in [0.1, 0.15) is 17.2 Å². The molecule has 0 spiro atoms. The van der Waals surface area contributed by atoms with E-state index >= 15 is 0 Å². The maximum absolute atomic E-state index is 11.0. The molecule has 4 aromatic rings. The lowest BCUT2D eigenvalue weighted by Gasteiger charge is -2.22. The van der Waals surface area contributed by atoms with Crippen molar-refractivity contribution in [3.8, 4) is 11.5 Å². The number of anilines is 1. The van der Waals surface area contributed by atoms with Crippen molar-refractivity contribution < 1.29 is 15.1 Å². The van der Waals surface area contributed by atoms with Crippen molar-refractivity contribution in [1.29, 1.82) is 0 Å². The SMILES string of the molecule is O=[N+]([O-])c1ccc(C(Nc2ncccc2O)c2ccc3cccnc3c2O)cc1. The quantitative estimate of drug-likeness (QED) is 0.347. The van der Waals surface area contributed by atoms with Crippen LogP contribution in [-0.2, 0) is 0 Å². The Morgan fingerprint density at radius 2 is 1.66 bits per heavy atom. The number of non-ortho nitro benzene ring substituents is 1. The number of hydrogen-bond donors (Lipinski definition) is 3. The number of nitro benzene ring substituents is 1. The van der Waals surface area contributed by atoms with Gasteiger partial charge in [0.2, 0.25) is 0 Å². The van der Waals surface area contributed by atoms with E-state index in [0.717, 1.165) is 5.39 Å². The van der Waals surface area contributed by atoms with E-state index in [1.54, 1.807) is 36.5 Å². The molecule has 0 aliphatic carbocycles. The maximum Gasteiger partial charge on any atom is 0.269 e. The summed E-state index contributed by atoms with van der Waals surface area (Å²) in [6.45, 7) is 0. The first-order valence-corrected chi connectivity index (χ1v) is 8.76. The van der Waals surface area contributed by atoms with Crippen LogP contribution < -0.4 is 5.32 Å². The van der Waals surface area contributed by atoms with Gasteiger partial charge in [-0.2, -0.15) is 0 Å². The van der Waals surface area contributed by atoms with Crippen molar-refractivity contribution in [2.75, 3.05) is 5.32 Å². The predicted octanol–water partition coefficient (Wildman–Crippen LogP) is 4.15. The van der Waals surface area contributed by atoms with E-state index in [9.17, 15) is 20.3 Å². The summed E-state index contributed by atoms with van der Waals surface area (Å²) in [5.74, 6) is 0.142. The number of phenolic OH excluding ortho intramolecular Hbond substituents is 1. The monoisotopic (exact) mass is 388 g/mol. The van der Waals surface area contributed by atoms with Crippen molar-refractivity contribution in [3.63, 3.8) is 0 Å². The molecule has 2 aromatic carbocycles. The number of benzene rings is 2. The zero-order valence-corrected chi connectivity index (χ0v) is 15.1. The number of phenols is 1. The Hall–Kier alpha value is -4.20. The molecule has 0 fully saturated rings. The fourth-order valence-corrected chi connectivity index (χ4v) is 3.15. The minimum absolute atomic E-state index is 0.0191. The van der Waals surface area contributed by atoms with Gasteiger partial charge in [0.25, 0.3) is 5.69 Å². The Balaban J connectivity index is 1.85. The molecule has 2 aromatic heterocycles. The molecule has 4 rings (SSSR count). The van der Waals surface area contributed by atoms with Crippen molar-refractivity contribution in [3.05, 3.63) is 94.3 Å². The Morgan fingerprint density at radius 3 is 2.38 bits per heavy atom. The average molecular weight is 388 g/mol. The number of aromatic nitrogens is 2. The van der Waals surface area contributed by atoms with Crippen molar-refractivity contribution >= 4 is 22.4 Å². The van der Waals surface area contributed by atoms with Crippen molar-refractivity contribution in [2.45, 2.75) is 6.04 Å². The first kappa shape index (κ1) is 18.2. The number of aromatic hydroxyl groups is 2. The molecule has 0 saturated carbocycles. The highest BCUT2D eigenvalue weighted by molar-refractivity contribution is 5.86. The minimum atomic E-state index is -0.636. The van der Waals surface area contributed by atoms with Crippen LogP contribution in [-0.4, -0.2) is 25.1 Å². The second-order valence-electron chi connectivity index (χ2n) is 6.38. The van der Waals surface area contributed by atoms with Crippen LogP contribution in [0.4, 0.5) is 11.5 Å². The number of rotatable bonds is 5. The summed E-state index contributed by atoms with van der Waals surface area (Å²) in [7, 11) is 0. The Labute approximate surface area is 165 Å². The summed E-state index contributed by atoms with van der Waals surface area (Å²) < 4.78 is 0. The molecule has 0 radical (unpaired) electrons. The number of fused-ring (bicyclic) bond motifs is 1. The second kappa shape index (κ2) is 7.43. The van der Waals surface area contributed by atoms with Crippen LogP contribution in [0.15, 0.2) is 73.1 Å². The lowest BCUT2D eigenvalue weighted by Crippen LogP contribution is -2.14. The van der Waals surface area contributed by atoms with Gasteiger partial charge in [0, 0.05) is 35.5 Å². The molecule has 144 valence electrons.